The quantitative estimate of drug-likeness (QED) is 0.407. The van der Waals surface area contributed by atoms with Crippen molar-refractivity contribution in [2.24, 2.45) is 0 Å². The van der Waals surface area contributed by atoms with Crippen molar-refractivity contribution in [2.45, 2.75) is 13.8 Å². The van der Waals surface area contributed by atoms with Gasteiger partial charge in [0.1, 0.15) is 4.99 Å². The minimum Gasteiger partial charge on any atom is -0.369 e. The summed E-state index contributed by atoms with van der Waals surface area (Å²) in [6.07, 6.45) is 1.98. The summed E-state index contributed by atoms with van der Waals surface area (Å²) in [6.45, 7) is 4.08. The SMILES string of the molecule is CC(C)=CC(=S)N(C)C. The van der Waals surface area contributed by atoms with E-state index in [1.54, 1.807) is 0 Å². The number of hydrogen-bond donors (Lipinski definition) is 0. The zero-order chi connectivity index (χ0) is 7.44. The van der Waals surface area contributed by atoms with Crippen LogP contribution in [0.15, 0.2) is 11.6 Å². The maximum Gasteiger partial charge on any atom is 0.101 e. The number of allylic oxidation sites excluding steroid dienone is 1. The number of likely N-dealkylation sites (N-methyl/N-ethyl adjacent to an activating group) is 1. The maximum atomic E-state index is 5.00. The molecule has 52 valence electrons. The number of rotatable bonds is 1. The molecule has 0 aromatic heterocycles. The van der Waals surface area contributed by atoms with Gasteiger partial charge < -0.3 is 4.90 Å². The van der Waals surface area contributed by atoms with Crippen molar-refractivity contribution < 1.29 is 0 Å². The summed E-state index contributed by atoms with van der Waals surface area (Å²) in [5.74, 6) is 0. The summed E-state index contributed by atoms with van der Waals surface area (Å²) in [4.78, 5) is 2.80. The fraction of sp³-hybridized carbons (Fsp3) is 0.571. The second-order valence-electron chi connectivity index (χ2n) is 2.45. The van der Waals surface area contributed by atoms with E-state index in [0.29, 0.717) is 0 Å². The summed E-state index contributed by atoms with van der Waals surface area (Å²) < 4.78 is 0. The van der Waals surface area contributed by atoms with Crippen LogP contribution in [0.2, 0.25) is 0 Å². The van der Waals surface area contributed by atoms with Gasteiger partial charge in [-0.1, -0.05) is 17.8 Å². The highest BCUT2D eigenvalue weighted by atomic mass is 32.1. The van der Waals surface area contributed by atoms with Crippen molar-refractivity contribution >= 4 is 17.2 Å². The second kappa shape index (κ2) is 3.62. The largest absolute Gasteiger partial charge is 0.369 e. The Kier molecular flexibility index (Phi) is 3.47. The van der Waals surface area contributed by atoms with Crippen LogP contribution in [-0.4, -0.2) is 24.0 Å². The van der Waals surface area contributed by atoms with Crippen molar-refractivity contribution in [3.8, 4) is 0 Å². The molecule has 0 aliphatic carbocycles. The molecule has 0 heterocycles. The molecule has 0 rings (SSSR count). The highest BCUT2D eigenvalue weighted by Crippen LogP contribution is 1.92. The first-order chi connectivity index (χ1) is 4.04. The van der Waals surface area contributed by atoms with Gasteiger partial charge >= 0.3 is 0 Å². The Hall–Kier alpha value is -0.370. The van der Waals surface area contributed by atoms with Crippen molar-refractivity contribution in [3.05, 3.63) is 11.6 Å². The molecule has 0 atom stereocenters. The van der Waals surface area contributed by atoms with Gasteiger partial charge in [0.2, 0.25) is 0 Å². The summed E-state index contributed by atoms with van der Waals surface area (Å²) >= 11 is 5.00. The smallest absolute Gasteiger partial charge is 0.101 e. The van der Waals surface area contributed by atoms with Crippen molar-refractivity contribution in [3.63, 3.8) is 0 Å². The molecule has 9 heavy (non-hydrogen) atoms. The fourth-order valence-corrected chi connectivity index (χ4v) is 0.612. The molecule has 0 radical (unpaired) electrons. The van der Waals surface area contributed by atoms with Crippen LogP contribution in [-0.2, 0) is 0 Å². The third-order valence-electron chi connectivity index (χ3n) is 0.853. The first-order valence-electron chi connectivity index (χ1n) is 2.90. The molecule has 0 spiro atoms. The Bertz CT molecular complexity index is 132. The van der Waals surface area contributed by atoms with Gasteiger partial charge in [0.25, 0.3) is 0 Å². The Morgan fingerprint density at radius 2 is 1.78 bits per heavy atom. The standard InChI is InChI=1S/C7H13NS/c1-6(2)5-7(9)8(3)4/h5H,1-4H3. The Morgan fingerprint density at radius 3 is 1.89 bits per heavy atom. The molecule has 1 nitrogen and oxygen atoms in total. The van der Waals surface area contributed by atoms with Crippen LogP contribution in [0.5, 0.6) is 0 Å². The van der Waals surface area contributed by atoms with Crippen molar-refractivity contribution in [1.29, 1.82) is 0 Å². The first kappa shape index (κ1) is 8.63. The predicted octanol–water partition coefficient (Wildman–Crippen LogP) is 1.84. The third-order valence-corrected chi connectivity index (χ3v) is 1.34. The molecule has 0 aromatic rings. The molecule has 2 heteroatoms. The number of thiocarbonyl (C=S) groups is 1. The summed E-state index contributed by atoms with van der Waals surface area (Å²) in [6, 6.07) is 0. The zero-order valence-corrected chi connectivity index (χ0v) is 7.25. The van der Waals surface area contributed by atoms with Gasteiger partial charge in [0.15, 0.2) is 0 Å². The molecule has 0 N–H and O–H groups in total. The lowest BCUT2D eigenvalue weighted by Gasteiger charge is -2.09. The molecular weight excluding hydrogens is 130 g/mol. The summed E-state index contributed by atoms with van der Waals surface area (Å²) in [7, 11) is 3.89. The normalized spacial score (nSPS) is 8.44. The molecule has 0 aromatic carbocycles. The monoisotopic (exact) mass is 143 g/mol. The molecule has 0 aliphatic rings. The average molecular weight is 143 g/mol. The predicted molar refractivity (Wildman–Crippen MR) is 45.7 cm³/mol. The molecule has 0 unspecified atom stereocenters. The minimum absolute atomic E-state index is 0.884. The number of hydrogen-bond acceptors (Lipinski definition) is 1. The summed E-state index contributed by atoms with van der Waals surface area (Å²) in [5, 5.41) is 0. The van der Waals surface area contributed by atoms with Crippen LogP contribution in [0.4, 0.5) is 0 Å². The van der Waals surface area contributed by atoms with Gasteiger partial charge in [-0.05, 0) is 19.9 Å². The molecular formula is C7H13NS. The Morgan fingerprint density at radius 1 is 1.33 bits per heavy atom. The van der Waals surface area contributed by atoms with Gasteiger partial charge in [0.05, 0.1) is 0 Å². The van der Waals surface area contributed by atoms with E-state index in [0.717, 1.165) is 4.99 Å². The first-order valence-corrected chi connectivity index (χ1v) is 3.31. The molecule has 0 bridgehead atoms. The third kappa shape index (κ3) is 4.15. The topological polar surface area (TPSA) is 3.24 Å². The van der Waals surface area contributed by atoms with E-state index in [1.165, 1.54) is 5.57 Å². The lowest BCUT2D eigenvalue weighted by atomic mass is 10.3. The van der Waals surface area contributed by atoms with Gasteiger partial charge in [-0.3, -0.25) is 0 Å². The van der Waals surface area contributed by atoms with E-state index in [9.17, 15) is 0 Å². The summed E-state index contributed by atoms with van der Waals surface area (Å²) in [5.41, 5.74) is 1.24. The second-order valence-corrected chi connectivity index (χ2v) is 2.87. The molecule has 0 fully saturated rings. The van der Waals surface area contributed by atoms with Crippen LogP contribution >= 0.6 is 12.2 Å². The highest BCUT2D eigenvalue weighted by molar-refractivity contribution is 7.80. The van der Waals surface area contributed by atoms with Gasteiger partial charge in [-0.25, -0.2) is 0 Å². The van der Waals surface area contributed by atoms with Gasteiger partial charge in [-0.2, -0.15) is 0 Å². The van der Waals surface area contributed by atoms with E-state index in [2.05, 4.69) is 0 Å². The number of nitrogens with zero attached hydrogens (tertiary/aromatic N) is 1. The average Bonchev–Trinajstić information content (AvgIpc) is 1.63. The highest BCUT2D eigenvalue weighted by Gasteiger charge is 1.90. The minimum atomic E-state index is 0.884. The van der Waals surface area contributed by atoms with Crippen molar-refractivity contribution in [1.82, 2.24) is 4.90 Å². The maximum absolute atomic E-state index is 5.00. The molecule has 0 amide bonds. The van der Waals surface area contributed by atoms with Crippen LogP contribution in [0, 0.1) is 0 Å². The molecule has 0 saturated carbocycles. The van der Waals surface area contributed by atoms with Crippen LogP contribution in [0.1, 0.15) is 13.8 Å². The molecule has 0 saturated heterocycles. The zero-order valence-electron chi connectivity index (χ0n) is 6.43. The van der Waals surface area contributed by atoms with E-state index < -0.39 is 0 Å². The van der Waals surface area contributed by atoms with Crippen LogP contribution in [0.3, 0.4) is 0 Å². The lowest BCUT2D eigenvalue weighted by molar-refractivity contribution is 0.638. The van der Waals surface area contributed by atoms with Gasteiger partial charge in [0, 0.05) is 14.1 Å². The fourth-order valence-electron chi connectivity index (χ4n) is 0.376. The van der Waals surface area contributed by atoms with Gasteiger partial charge in [-0.15, -0.1) is 0 Å². The Balaban J connectivity index is 3.93. The van der Waals surface area contributed by atoms with Crippen molar-refractivity contribution in [2.75, 3.05) is 14.1 Å². The van der Waals surface area contributed by atoms with Crippen LogP contribution < -0.4 is 0 Å². The van der Waals surface area contributed by atoms with Crippen LogP contribution in [0.25, 0.3) is 0 Å². The Labute approximate surface area is 62.4 Å². The van der Waals surface area contributed by atoms with E-state index >= 15 is 0 Å². The van der Waals surface area contributed by atoms with E-state index in [4.69, 9.17) is 12.2 Å². The lowest BCUT2D eigenvalue weighted by Crippen LogP contribution is -2.17. The van der Waals surface area contributed by atoms with E-state index in [-0.39, 0.29) is 0 Å². The van der Waals surface area contributed by atoms with E-state index in [1.807, 2.05) is 38.9 Å². The molecule has 0 aliphatic heterocycles.